The van der Waals surface area contributed by atoms with E-state index in [4.69, 9.17) is 0 Å². The lowest BCUT2D eigenvalue weighted by atomic mass is 10.2. The molecule has 0 aliphatic heterocycles. The van der Waals surface area contributed by atoms with Gasteiger partial charge in [0.25, 0.3) is 0 Å². The van der Waals surface area contributed by atoms with Crippen molar-refractivity contribution in [1.82, 2.24) is 9.55 Å². The number of carbonyl (C=O) groups is 1. The molecule has 0 saturated carbocycles. The first kappa shape index (κ1) is 13.6. The van der Waals surface area contributed by atoms with E-state index in [1.54, 1.807) is 30.5 Å². The molecule has 0 radical (unpaired) electrons. The van der Waals surface area contributed by atoms with Crippen LogP contribution < -0.4 is 11.0 Å². The van der Waals surface area contributed by atoms with Gasteiger partial charge in [0.2, 0.25) is 5.91 Å². The van der Waals surface area contributed by atoms with Crippen LogP contribution in [-0.2, 0) is 18.3 Å². The summed E-state index contributed by atoms with van der Waals surface area (Å²) in [5, 5.41) is 4.87. The van der Waals surface area contributed by atoms with E-state index in [1.165, 1.54) is 9.44 Å². The van der Waals surface area contributed by atoms with E-state index in [1.807, 2.05) is 23.6 Å². The molecule has 0 bridgehead atoms. The molecule has 2 heterocycles. The zero-order valence-electron chi connectivity index (χ0n) is 11.6. The fourth-order valence-electron chi connectivity index (χ4n) is 2.23. The molecule has 6 heteroatoms. The summed E-state index contributed by atoms with van der Waals surface area (Å²) in [7, 11) is 1.71. The third-order valence-electron chi connectivity index (χ3n) is 3.37. The Morgan fingerprint density at radius 3 is 3.00 bits per heavy atom. The highest BCUT2D eigenvalue weighted by Gasteiger charge is 2.07. The highest BCUT2D eigenvalue weighted by atomic mass is 32.1. The van der Waals surface area contributed by atoms with Crippen LogP contribution in [0.15, 0.2) is 40.5 Å². The average Bonchev–Trinajstić information content (AvgIpc) is 3.06. The fraction of sp³-hybridized carbons (Fsp3) is 0.200. The molecule has 0 atom stereocenters. The zero-order valence-corrected chi connectivity index (χ0v) is 12.4. The number of benzene rings is 1. The van der Waals surface area contributed by atoms with Crippen LogP contribution in [0, 0.1) is 0 Å². The molecule has 2 N–H and O–H groups in total. The molecule has 5 nitrogen and oxygen atoms in total. The molecule has 0 spiro atoms. The van der Waals surface area contributed by atoms with E-state index < -0.39 is 0 Å². The molecule has 0 aliphatic rings. The van der Waals surface area contributed by atoms with Crippen LogP contribution in [0.3, 0.4) is 0 Å². The Bertz CT molecular complexity index is 830. The molecule has 0 saturated heterocycles. The van der Waals surface area contributed by atoms with Gasteiger partial charge >= 0.3 is 5.69 Å². The number of carbonyl (C=O) groups excluding carboxylic acids is 1. The number of anilines is 1. The highest BCUT2D eigenvalue weighted by molar-refractivity contribution is 7.09. The number of rotatable bonds is 4. The third kappa shape index (κ3) is 2.90. The van der Waals surface area contributed by atoms with Gasteiger partial charge in [-0.25, -0.2) is 4.79 Å². The summed E-state index contributed by atoms with van der Waals surface area (Å²) < 4.78 is 1.54. The molecular weight excluding hydrogens is 286 g/mol. The van der Waals surface area contributed by atoms with Gasteiger partial charge in [-0.3, -0.25) is 9.36 Å². The minimum absolute atomic E-state index is 0.0268. The Kier molecular flexibility index (Phi) is 3.62. The maximum Gasteiger partial charge on any atom is 0.326 e. The summed E-state index contributed by atoms with van der Waals surface area (Å²) in [6.07, 6.45) is 1.19. The smallest absolute Gasteiger partial charge is 0.326 e. The van der Waals surface area contributed by atoms with Crippen LogP contribution in [0.25, 0.3) is 11.0 Å². The van der Waals surface area contributed by atoms with Gasteiger partial charge in [-0.05, 0) is 36.1 Å². The highest BCUT2D eigenvalue weighted by Crippen LogP contribution is 2.17. The first-order valence-corrected chi connectivity index (χ1v) is 7.52. The van der Waals surface area contributed by atoms with Crippen molar-refractivity contribution in [3.05, 3.63) is 51.1 Å². The number of aromatic amines is 1. The van der Waals surface area contributed by atoms with Crippen molar-refractivity contribution in [2.24, 2.45) is 7.05 Å². The Labute approximate surface area is 125 Å². The monoisotopic (exact) mass is 301 g/mol. The lowest BCUT2D eigenvalue weighted by Crippen LogP contribution is -2.12. The zero-order chi connectivity index (χ0) is 14.8. The Morgan fingerprint density at radius 2 is 2.24 bits per heavy atom. The van der Waals surface area contributed by atoms with Crippen LogP contribution in [0.2, 0.25) is 0 Å². The SMILES string of the molecule is Cn1c(=O)[nH]c2cc(NC(=O)CCc3cccs3)ccc21. The van der Waals surface area contributed by atoms with Crippen molar-refractivity contribution in [1.29, 1.82) is 0 Å². The van der Waals surface area contributed by atoms with E-state index in [2.05, 4.69) is 10.3 Å². The van der Waals surface area contributed by atoms with Crippen LogP contribution in [0.4, 0.5) is 5.69 Å². The molecule has 3 aromatic rings. The number of imidazole rings is 1. The maximum atomic E-state index is 11.9. The fourth-order valence-corrected chi connectivity index (χ4v) is 2.94. The molecule has 21 heavy (non-hydrogen) atoms. The lowest BCUT2D eigenvalue weighted by Gasteiger charge is -2.05. The van der Waals surface area contributed by atoms with Crippen LogP contribution >= 0.6 is 11.3 Å². The largest absolute Gasteiger partial charge is 0.326 e. The third-order valence-corrected chi connectivity index (χ3v) is 4.30. The summed E-state index contributed by atoms with van der Waals surface area (Å²) in [5.74, 6) is -0.0268. The van der Waals surface area contributed by atoms with Crippen molar-refractivity contribution < 1.29 is 4.79 Å². The normalized spacial score (nSPS) is 10.9. The number of hydrogen-bond donors (Lipinski definition) is 2. The number of aryl methyl sites for hydroxylation is 2. The average molecular weight is 301 g/mol. The number of thiophene rings is 1. The number of nitrogens with zero attached hydrogens (tertiary/aromatic N) is 1. The molecule has 1 amide bonds. The van der Waals surface area contributed by atoms with Crippen molar-refractivity contribution in [2.75, 3.05) is 5.32 Å². The number of aromatic nitrogens is 2. The molecular formula is C15H15N3O2S. The summed E-state index contributed by atoms with van der Waals surface area (Å²) in [6, 6.07) is 9.41. The lowest BCUT2D eigenvalue weighted by molar-refractivity contribution is -0.116. The topological polar surface area (TPSA) is 66.9 Å². The predicted octanol–water partition coefficient (Wildman–Crippen LogP) is 2.50. The summed E-state index contributed by atoms with van der Waals surface area (Å²) in [4.78, 5) is 27.4. The minimum atomic E-state index is -0.161. The second-order valence-corrected chi connectivity index (χ2v) is 5.88. The van der Waals surface area contributed by atoms with E-state index in [0.29, 0.717) is 12.1 Å². The van der Waals surface area contributed by atoms with Crippen LogP contribution in [0.5, 0.6) is 0 Å². The van der Waals surface area contributed by atoms with Gasteiger partial charge in [0.1, 0.15) is 0 Å². The first-order valence-electron chi connectivity index (χ1n) is 6.64. The van der Waals surface area contributed by atoms with E-state index in [9.17, 15) is 9.59 Å². The van der Waals surface area contributed by atoms with E-state index >= 15 is 0 Å². The van der Waals surface area contributed by atoms with Gasteiger partial charge in [-0.15, -0.1) is 11.3 Å². The van der Waals surface area contributed by atoms with Gasteiger partial charge in [0.05, 0.1) is 11.0 Å². The molecule has 0 fully saturated rings. The Balaban J connectivity index is 1.69. The van der Waals surface area contributed by atoms with Crippen molar-refractivity contribution >= 4 is 34.0 Å². The Hall–Kier alpha value is -2.34. The number of hydrogen-bond acceptors (Lipinski definition) is 3. The predicted molar refractivity (Wildman–Crippen MR) is 84.8 cm³/mol. The maximum absolute atomic E-state index is 11.9. The second-order valence-electron chi connectivity index (χ2n) is 4.85. The standard InChI is InChI=1S/C15H15N3O2S/c1-18-13-6-4-10(9-12(13)17-15(18)20)16-14(19)7-5-11-3-2-8-21-11/h2-4,6,8-9H,5,7H2,1H3,(H,16,19)(H,17,20). The molecule has 3 rings (SSSR count). The summed E-state index contributed by atoms with van der Waals surface area (Å²) in [5.41, 5.74) is 2.07. The number of fused-ring (bicyclic) bond motifs is 1. The van der Waals surface area contributed by atoms with Gasteiger partial charge in [-0.2, -0.15) is 0 Å². The summed E-state index contributed by atoms with van der Waals surface area (Å²) >= 11 is 1.65. The van der Waals surface area contributed by atoms with Gasteiger partial charge in [0, 0.05) is 24.0 Å². The molecule has 2 aromatic heterocycles. The summed E-state index contributed by atoms with van der Waals surface area (Å²) in [6.45, 7) is 0. The van der Waals surface area contributed by atoms with E-state index in [-0.39, 0.29) is 11.6 Å². The molecule has 1 aromatic carbocycles. The minimum Gasteiger partial charge on any atom is -0.326 e. The van der Waals surface area contributed by atoms with Crippen molar-refractivity contribution in [3.8, 4) is 0 Å². The van der Waals surface area contributed by atoms with Crippen LogP contribution in [0.1, 0.15) is 11.3 Å². The van der Waals surface area contributed by atoms with Gasteiger partial charge < -0.3 is 10.3 Å². The number of H-pyrrole nitrogens is 1. The van der Waals surface area contributed by atoms with Crippen molar-refractivity contribution in [3.63, 3.8) is 0 Å². The first-order chi connectivity index (χ1) is 10.1. The number of nitrogens with one attached hydrogen (secondary N) is 2. The Morgan fingerprint density at radius 1 is 1.38 bits per heavy atom. The molecule has 108 valence electrons. The number of amides is 1. The molecule has 0 aliphatic carbocycles. The van der Waals surface area contributed by atoms with E-state index in [0.717, 1.165) is 17.5 Å². The van der Waals surface area contributed by atoms with Crippen LogP contribution in [-0.4, -0.2) is 15.5 Å². The quantitative estimate of drug-likeness (QED) is 0.777. The molecule has 0 unspecified atom stereocenters. The van der Waals surface area contributed by atoms with Gasteiger partial charge in [0.15, 0.2) is 0 Å². The second kappa shape index (κ2) is 5.57. The van der Waals surface area contributed by atoms with Gasteiger partial charge in [-0.1, -0.05) is 6.07 Å². The van der Waals surface area contributed by atoms with Crippen molar-refractivity contribution in [2.45, 2.75) is 12.8 Å².